The molecule has 0 atom stereocenters. The maximum atomic E-state index is 12.0. The van der Waals surface area contributed by atoms with E-state index >= 15 is 0 Å². The fraction of sp³-hybridized carbons (Fsp3) is 0.462. The van der Waals surface area contributed by atoms with Gasteiger partial charge in [0.25, 0.3) is 5.91 Å². The second-order valence-electron chi connectivity index (χ2n) is 5.00. The van der Waals surface area contributed by atoms with E-state index in [1.165, 1.54) is 0 Å². The molecular formula is C13H16BrN5O2. The normalized spacial score (nSPS) is 16.1. The Morgan fingerprint density at radius 2 is 2.24 bits per heavy atom. The van der Waals surface area contributed by atoms with Gasteiger partial charge in [-0.1, -0.05) is 0 Å². The molecule has 0 aliphatic carbocycles. The van der Waals surface area contributed by atoms with Crippen molar-refractivity contribution in [1.29, 1.82) is 0 Å². The Morgan fingerprint density at radius 3 is 2.90 bits per heavy atom. The number of aryl methyl sites for hydroxylation is 1. The maximum Gasteiger partial charge on any atom is 0.293 e. The van der Waals surface area contributed by atoms with Crippen LogP contribution in [0, 0.1) is 0 Å². The minimum Gasteiger partial charge on any atom is -0.444 e. The number of anilines is 1. The van der Waals surface area contributed by atoms with Crippen molar-refractivity contribution >= 4 is 27.8 Å². The highest BCUT2D eigenvalue weighted by Crippen LogP contribution is 2.23. The van der Waals surface area contributed by atoms with Gasteiger partial charge in [-0.05, 0) is 54.0 Å². The van der Waals surface area contributed by atoms with Gasteiger partial charge in [0.15, 0.2) is 16.3 Å². The minimum atomic E-state index is -0.340. The topological polar surface area (TPSA) is 85.0 Å². The van der Waals surface area contributed by atoms with Crippen molar-refractivity contribution < 1.29 is 9.21 Å². The molecule has 0 saturated carbocycles. The molecule has 0 bridgehead atoms. The quantitative estimate of drug-likeness (QED) is 0.879. The molecule has 1 aliphatic heterocycles. The van der Waals surface area contributed by atoms with E-state index in [9.17, 15) is 4.79 Å². The van der Waals surface area contributed by atoms with Gasteiger partial charge in [0.2, 0.25) is 5.95 Å². The Kier molecular flexibility index (Phi) is 4.07. The summed E-state index contributed by atoms with van der Waals surface area (Å²) >= 11 is 3.17. The molecule has 1 fully saturated rings. The molecule has 7 nitrogen and oxygen atoms in total. The summed E-state index contributed by atoms with van der Waals surface area (Å²) in [7, 11) is 1.77. The summed E-state index contributed by atoms with van der Waals surface area (Å²) in [6, 6.07) is 3.27. The van der Waals surface area contributed by atoms with E-state index in [1.807, 2.05) is 0 Å². The van der Waals surface area contributed by atoms with Crippen LogP contribution in [0.15, 0.2) is 21.2 Å². The molecule has 2 aromatic heterocycles. The van der Waals surface area contributed by atoms with Gasteiger partial charge in [-0.15, -0.1) is 0 Å². The number of piperidine rings is 1. The standard InChI is InChI=1S/C13H16BrN5O2/c1-19-13(17-12(20)9-2-3-10(14)21-9)16-11(18-19)8-4-6-15-7-5-8/h2-3,8,15H,4-7H2,1H3,(H,16,17,18,20). The number of amides is 1. The van der Waals surface area contributed by atoms with Gasteiger partial charge in [0.05, 0.1) is 0 Å². The summed E-state index contributed by atoms with van der Waals surface area (Å²) in [5.74, 6) is 1.46. The number of nitrogens with zero attached hydrogens (tertiary/aromatic N) is 3. The summed E-state index contributed by atoms with van der Waals surface area (Å²) < 4.78 is 7.32. The number of hydrogen-bond acceptors (Lipinski definition) is 5. The highest BCUT2D eigenvalue weighted by Gasteiger charge is 2.22. The van der Waals surface area contributed by atoms with Gasteiger partial charge in [-0.3, -0.25) is 10.1 Å². The predicted molar refractivity (Wildman–Crippen MR) is 80.2 cm³/mol. The van der Waals surface area contributed by atoms with Crippen LogP contribution in [0.5, 0.6) is 0 Å². The average Bonchev–Trinajstić information content (AvgIpc) is 3.07. The maximum absolute atomic E-state index is 12.0. The first-order valence-electron chi connectivity index (χ1n) is 6.82. The van der Waals surface area contributed by atoms with Gasteiger partial charge < -0.3 is 9.73 Å². The van der Waals surface area contributed by atoms with Crippen molar-refractivity contribution in [3.05, 3.63) is 28.4 Å². The van der Waals surface area contributed by atoms with Crippen molar-refractivity contribution in [2.45, 2.75) is 18.8 Å². The molecule has 3 rings (SSSR count). The molecule has 2 aromatic rings. The molecular weight excluding hydrogens is 338 g/mol. The summed E-state index contributed by atoms with van der Waals surface area (Å²) in [6.07, 6.45) is 2.03. The molecule has 1 saturated heterocycles. The van der Waals surface area contributed by atoms with E-state index in [2.05, 4.69) is 36.6 Å². The Hall–Kier alpha value is -1.67. The minimum absolute atomic E-state index is 0.230. The largest absolute Gasteiger partial charge is 0.444 e. The third kappa shape index (κ3) is 3.16. The molecule has 0 radical (unpaired) electrons. The first-order chi connectivity index (χ1) is 10.1. The number of halogens is 1. The molecule has 3 heterocycles. The number of hydrogen-bond donors (Lipinski definition) is 2. The summed E-state index contributed by atoms with van der Waals surface area (Å²) in [6.45, 7) is 1.95. The van der Waals surface area contributed by atoms with Crippen LogP contribution in [0.3, 0.4) is 0 Å². The molecule has 1 amide bonds. The van der Waals surface area contributed by atoms with Crippen LogP contribution < -0.4 is 10.6 Å². The van der Waals surface area contributed by atoms with Crippen LogP contribution in [0.4, 0.5) is 5.95 Å². The number of carbonyl (C=O) groups is 1. The molecule has 8 heteroatoms. The van der Waals surface area contributed by atoms with E-state index in [4.69, 9.17) is 4.42 Å². The Labute approximate surface area is 130 Å². The molecule has 0 unspecified atom stereocenters. The van der Waals surface area contributed by atoms with Crippen LogP contribution in [-0.4, -0.2) is 33.8 Å². The highest BCUT2D eigenvalue weighted by molar-refractivity contribution is 9.10. The number of rotatable bonds is 3. The van der Waals surface area contributed by atoms with Gasteiger partial charge in [-0.2, -0.15) is 10.1 Å². The van der Waals surface area contributed by atoms with E-state index in [0.29, 0.717) is 16.5 Å². The Bertz CT molecular complexity index is 645. The van der Waals surface area contributed by atoms with Crippen molar-refractivity contribution in [1.82, 2.24) is 20.1 Å². The van der Waals surface area contributed by atoms with Crippen molar-refractivity contribution in [2.75, 3.05) is 18.4 Å². The van der Waals surface area contributed by atoms with E-state index in [0.717, 1.165) is 31.8 Å². The zero-order valence-electron chi connectivity index (χ0n) is 11.6. The summed E-state index contributed by atoms with van der Waals surface area (Å²) in [5.41, 5.74) is 0. The van der Waals surface area contributed by atoms with Gasteiger partial charge in [-0.25, -0.2) is 4.68 Å². The third-order valence-corrected chi connectivity index (χ3v) is 3.93. The second kappa shape index (κ2) is 5.98. The zero-order chi connectivity index (χ0) is 14.8. The SMILES string of the molecule is Cn1nc(C2CCNCC2)nc1NC(=O)c1ccc(Br)o1. The third-order valence-electron chi connectivity index (χ3n) is 3.51. The highest BCUT2D eigenvalue weighted by atomic mass is 79.9. The number of nitrogens with one attached hydrogen (secondary N) is 2. The molecule has 1 aliphatic rings. The van der Waals surface area contributed by atoms with E-state index < -0.39 is 0 Å². The Balaban J connectivity index is 1.73. The van der Waals surface area contributed by atoms with E-state index in [-0.39, 0.29) is 11.7 Å². The van der Waals surface area contributed by atoms with Crippen LogP contribution in [-0.2, 0) is 7.05 Å². The number of furan rings is 1. The van der Waals surface area contributed by atoms with Crippen molar-refractivity contribution in [3.8, 4) is 0 Å². The fourth-order valence-corrected chi connectivity index (χ4v) is 2.67. The van der Waals surface area contributed by atoms with Gasteiger partial charge >= 0.3 is 0 Å². The lowest BCUT2D eigenvalue weighted by atomic mass is 9.98. The van der Waals surface area contributed by atoms with Crippen LogP contribution in [0.1, 0.15) is 35.1 Å². The first kappa shape index (κ1) is 14.3. The summed E-state index contributed by atoms with van der Waals surface area (Å²) in [5, 5.41) is 10.4. The van der Waals surface area contributed by atoms with Crippen molar-refractivity contribution in [2.24, 2.45) is 7.05 Å². The molecule has 112 valence electrons. The van der Waals surface area contributed by atoms with Gasteiger partial charge in [0, 0.05) is 13.0 Å². The van der Waals surface area contributed by atoms with Gasteiger partial charge in [0.1, 0.15) is 0 Å². The second-order valence-corrected chi connectivity index (χ2v) is 5.78. The number of carbonyl (C=O) groups excluding carboxylic acids is 1. The van der Waals surface area contributed by atoms with Crippen molar-refractivity contribution in [3.63, 3.8) is 0 Å². The van der Waals surface area contributed by atoms with Crippen LogP contribution >= 0.6 is 15.9 Å². The lowest BCUT2D eigenvalue weighted by molar-refractivity contribution is 0.0994. The fourth-order valence-electron chi connectivity index (χ4n) is 2.37. The smallest absolute Gasteiger partial charge is 0.293 e. The molecule has 21 heavy (non-hydrogen) atoms. The van der Waals surface area contributed by atoms with Crippen LogP contribution in [0.25, 0.3) is 0 Å². The molecule has 0 spiro atoms. The average molecular weight is 354 g/mol. The first-order valence-corrected chi connectivity index (χ1v) is 7.61. The number of aromatic nitrogens is 3. The Morgan fingerprint density at radius 1 is 1.48 bits per heavy atom. The lowest BCUT2D eigenvalue weighted by Gasteiger charge is -2.19. The van der Waals surface area contributed by atoms with E-state index in [1.54, 1.807) is 23.9 Å². The van der Waals surface area contributed by atoms with Crippen LogP contribution in [0.2, 0.25) is 0 Å². The lowest BCUT2D eigenvalue weighted by Crippen LogP contribution is -2.27. The monoisotopic (exact) mass is 353 g/mol. The summed E-state index contributed by atoms with van der Waals surface area (Å²) in [4.78, 5) is 16.5. The molecule has 2 N–H and O–H groups in total. The zero-order valence-corrected chi connectivity index (χ0v) is 13.2. The molecule has 0 aromatic carbocycles. The predicted octanol–water partition coefficient (Wildman–Crippen LogP) is 1.89.